The van der Waals surface area contributed by atoms with E-state index < -0.39 is 5.97 Å². The number of nitrogens with zero attached hydrogens (tertiary/aromatic N) is 1. The Labute approximate surface area is 117 Å². The third kappa shape index (κ3) is 4.30. The SMILES string of the molecule is O=C(O)CCCN1CCCC1CC(O)c1cccs1. The third-order valence-electron chi connectivity index (χ3n) is 3.70. The van der Waals surface area contributed by atoms with Gasteiger partial charge in [-0.05, 0) is 50.2 Å². The number of hydrogen-bond acceptors (Lipinski definition) is 4. The van der Waals surface area contributed by atoms with E-state index >= 15 is 0 Å². The summed E-state index contributed by atoms with van der Waals surface area (Å²) in [6.45, 7) is 1.86. The van der Waals surface area contributed by atoms with E-state index in [4.69, 9.17) is 5.11 Å². The number of aliphatic carboxylic acids is 1. The van der Waals surface area contributed by atoms with Crippen LogP contribution in [0.25, 0.3) is 0 Å². The number of carbonyl (C=O) groups is 1. The van der Waals surface area contributed by atoms with E-state index in [0.717, 1.165) is 37.2 Å². The molecule has 2 heterocycles. The molecule has 2 unspecified atom stereocenters. The molecule has 0 amide bonds. The number of aliphatic hydroxyl groups is 1. The molecule has 0 saturated carbocycles. The van der Waals surface area contributed by atoms with Gasteiger partial charge in [-0.3, -0.25) is 4.79 Å². The number of hydrogen-bond donors (Lipinski definition) is 2. The van der Waals surface area contributed by atoms with Crippen LogP contribution in [0.4, 0.5) is 0 Å². The molecule has 2 rings (SSSR count). The molecular formula is C14H21NO3S. The molecule has 1 fully saturated rings. The van der Waals surface area contributed by atoms with Gasteiger partial charge in [-0.25, -0.2) is 0 Å². The van der Waals surface area contributed by atoms with Crippen molar-refractivity contribution < 1.29 is 15.0 Å². The lowest BCUT2D eigenvalue weighted by atomic mass is 10.1. The number of likely N-dealkylation sites (tertiary alicyclic amines) is 1. The molecule has 0 spiro atoms. The first-order valence-corrected chi connectivity index (χ1v) is 7.72. The fraction of sp³-hybridized carbons (Fsp3) is 0.643. The van der Waals surface area contributed by atoms with Gasteiger partial charge in [0, 0.05) is 17.3 Å². The van der Waals surface area contributed by atoms with E-state index in [1.807, 2.05) is 17.5 Å². The maximum absolute atomic E-state index is 10.5. The summed E-state index contributed by atoms with van der Waals surface area (Å²) in [5.41, 5.74) is 0. The van der Waals surface area contributed by atoms with Crippen molar-refractivity contribution in [3.8, 4) is 0 Å². The summed E-state index contributed by atoms with van der Waals surface area (Å²) in [6.07, 6.45) is 3.56. The number of aliphatic hydroxyl groups excluding tert-OH is 1. The molecule has 1 aliphatic heterocycles. The highest BCUT2D eigenvalue weighted by molar-refractivity contribution is 7.10. The van der Waals surface area contributed by atoms with Crippen LogP contribution in [0.15, 0.2) is 17.5 Å². The Balaban J connectivity index is 1.80. The Hall–Kier alpha value is -0.910. The highest BCUT2D eigenvalue weighted by atomic mass is 32.1. The summed E-state index contributed by atoms with van der Waals surface area (Å²) in [6, 6.07) is 4.33. The molecule has 0 aliphatic carbocycles. The highest BCUT2D eigenvalue weighted by Gasteiger charge is 2.27. The van der Waals surface area contributed by atoms with Gasteiger partial charge in [0.2, 0.25) is 0 Å². The molecule has 19 heavy (non-hydrogen) atoms. The summed E-state index contributed by atoms with van der Waals surface area (Å²) < 4.78 is 0. The second-order valence-electron chi connectivity index (χ2n) is 5.10. The Morgan fingerprint density at radius 2 is 2.42 bits per heavy atom. The van der Waals surface area contributed by atoms with E-state index in [0.29, 0.717) is 12.5 Å². The molecule has 5 heteroatoms. The van der Waals surface area contributed by atoms with Crippen molar-refractivity contribution in [3.05, 3.63) is 22.4 Å². The van der Waals surface area contributed by atoms with Crippen LogP contribution in [0, 0.1) is 0 Å². The molecule has 2 atom stereocenters. The predicted octanol–water partition coefficient (Wildman–Crippen LogP) is 2.50. The highest BCUT2D eigenvalue weighted by Crippen LogP contribution is 2.29. The van der Waals surface area contributed by atoms with Gasteiger partial charge in [0.05, 0.1) is 6.10 Å². The first-order valence-electron chi connectivity index (χ1n) is 6.84. The molecule has 4 nitrogen and oxygen atoms in total. The molecule has 1 aliphatic rings. The minimum atomic E-state index is -0.727. The Kier molecular flexibility index (Phi) is 5.36. The van der Waals surface area contributed by atoms with Crippen LogP contribution in [0.5, 0.6) is 0 Å². The van der Waals surface area contributed by atoms with Crippen LogP contribution < -0.4 is 0 Å². The maximum atomic E-state index is 10.5. The van der Waals surface area contributed by atoms with E-state index in [1.165, 1.54) is 0 Å². The molecule has 106 valence electrons. The van der Waals surface area contributed by atoms with Crippen molar-refractivity contribution in [1.29, 1.82) is 0 Å². The number of thiophene rings is 1. The fourth-order valence-electron chi connectivity index (χ4n) is 2.74. The lowest BCUT2D eigenvalue weighted by Gasteiger charge is -2.25. The van der Waals surface area contributed by atoms with Gasteiger partial charge < -0.3 is 15.1 Å². The molecular weight excluding hydrogens is 262 g/mol. The first kappa shape index (κ1) is 14.5. The summed E-state index contributed by atoms with van der Waals surface area (Å²) >= 11 is 1.59. The smallest absolute Gasteiger partial charge is 0.303 e. The second kappa shape index (κ2) is 7.03. The zero-order valence-electron chi connectivity index (χ0n) is 11.0. The average Bonchev–Trinajstić information content (AvgIpc) is 3.00. The Morgan fingerprint density at radius 1 is 1.58 bits per heavy atom. The topological polar surface area (TPSA) is 60.8 Å². The average molecular weight is 283 g/mol. The molecule has 0 radical (unpaired) electrons. The minimum absolute atomic E-state index is 0.233. The zero-order valence-corrected chi connectivity index (χ0v) is 11.8. The first-order chi connectivity index (χ1) is 9.16. The van der Waals surface area contributed by atoms with Gasteiger partial charge in [0.25, 0.3) is 0 Å². The summed E-state index contributed by atoms with van der Waals surface area (Å²) in [5, 5.41) is 20.8. The zero-order chi connectivity index (χ0) is 13.7. The lowest BCUT2D eigenvalue weighted by Crippen LogP contribution is -2.31. The van der Waals surface area contributed by atoms with Crippen molar-refractivity contribution in [1.82, 2.24) is 4.90 Å². The molecule has 1 aromatic heterocycles. The predicted molar refractivity (Wildman–Crippen MR) is 75.4 cm³/mol. The molecule has 1 aromatic rings. The van der Waals surface area contributed by atoms with Gasteiger partial charge in [-0.15, -0.1) is 11.3 Å². The Morgan fingerprint density at radius 3 is 3.11 bits per heavy atom. The van der Waals surface area contributed by atoms with Gasteiger partial charge in [0.1, 0.15) is 0 Å². The van der Waals surface area contributed by atoms with Gasteiger partial charge in [-0.2, -0.15) is 0 Å². The number of carboxylic acid groups (broad SMARTS) is 1. The minimum Gasteiger partial charge on any atom is -0.481 e. The summed E-state index contributed by atoms with van der Waals surface area (Å²) in [5.74, 6) is -0.727. The maximum Gasteiger partial charge on any atom is 0.303 e. The van der Waals surface area contributed by atoms with Crippen molar-refractivity contribution in [2.75, 3.05) is 13.1 Å². The number of rotatable bonds is 7. The van der Waals surface area contributed by atoms with Crippen LogP contribution in [0.3, 0.4) is 0 Å². The monoisotopic (exact) mass is 283 g/mol. The van der Waals surface area contributed by atoms with E-state index in [9.17, 15) is 9.90 Å². The van der Waals surface area contributed by atoms with Crippen LogP contribution in [0.2, 0.25) is 0 Å². The van der Waals surface area contributed by atoms with Crippen LogP contribution in [0.1, 0.15) is 43.1 Å². The quantitative estimate of drug-likeness (QED) is 0.807. The van der Waals surface area contributed by atoms with Crippen LogP contribution in [-0.4, -0.2) is 40.2 Å². The van der Waals surface area contributed by atoms with Crippen LogP contribution in [-0.2, 0) is 4.79 Å². The fourth-order valence-corrected chi connectivity index (χ4v) is 3.47. The third-order valence-corrected chi connectivity index (χ3v) is 4.68. The van der Waals surface area contributed by atoms with Crippen molar-refractivity contribution in [2.45, 2.75) is 44.2 Å². The van der Waals surface area contributed by atoms with Crippen molar-refractivity contribution in [3.63, 3.8) is 0 Å². The summed E-state index contributed by atoms with van der Waals surface area (Å²) in [4.78, 5) is 13.9. The molecule has 1 saturated heterocycles. The standard InChI is InChI=1S/C14H21NO3S/c16-12(13-5-3-9-19-13)10-11-4-1-7-15(11)8-2-6-14(17)18/h3,5,9,11-12,16H,1-2,4,6-8,10H2,(H,17,18). The van der Waals surface area contributed by atoms with E-state index in [1.54, 1.807) is 11.3 Å². The Bertz CT molecular complexity index is 393. The van der Waals surface area contributed by atoms with E-state index in [2.05, 4.69) is 4.90 Å². The molecule has 0 aromatic carbocycles. The van der Waals surface area contributed by atoms with Crippen molar-refractivity contribution >= 4 is 17.3 Å². The molecule has 2 N–H and O–H groups in total. The lowest BCUT2D eigenvalue weighted by molar-refractivity contribution is -0.137. The number of carboxylic acids is 1. The molecule has 0 bridgehead atoms. The van der Waals surface area contributed by atoms with Gasteiger partial charge in [-0.1, -0.05) is 6.07 Å². The summed E-state index contributed by atoms with van der Waals surface area (Å²) in [7, 11) is 0. The van der Waals surface area contributed by atoms with E-state index in [-0.39, 0.29) is 12.5 Å². The van der Waals surface area contributed by atoms with Crippen molar-refractivity contribution in [2.24, 2.45) is 0 Å². The second-order valence-corrected chi connectivity index (χ2v) is 6.08. The largest absolute Gasteiger partial charge is 0.481 e. The normalized spacial score (nSPS) is 21.6. The van der Waals surface area contributed by atoms with Crippen LogP contribution >= 0.6 is 11.3 Å². The van der Waals surface area contributed by atoms with Gasteiger partial charge >= 0.3 is 5.97 Å². The van der Waals surface area contributed by atoms with Gasteiger partial charge in [0.15, 0.2) is 0 Å².